The molecule has 2 N–H and O–H groups in total. The van der Waals surface area contributed by atoms with Crippen LogP contribution in [-0.2, 0) is 14.3 Å². The van der Waals surface area contributed by atoms with Crippen LogP contribution in [0.5, 0.6) is 5.75 Å². The molecule has 0 saturated carbocycles. The van der Waals surface area contributed by atoms with Crippen molar-refractivity contribution in [1.29, 1.82) is 0 Å². The lowest BCUT2D eigenvalue weighted by molar-refractivity contribution is -0.132. The van der Waals surface area contributed by atoms with E-state index in [1.165, 1.54) is 29.2 Å². The van der Waals surface area contributed by atoms with Gasteiger partial charge in [0.05, 0.1) is 23.3 Å². The molecule has 184 valence electrons. The van der Waals surface area contributed by atoms with E-state index in [4.69, 9.17) is 4.74 Å². The Morgan fingerprint density at radius 3 is 2.17 bits per heavy atom. The third-order valence-corrected chi connectivity index (χ3v) is 6.70. The van der Waals surface area contributed by atoms with Gasteiger partial charge in [-0.2, -0.15) is 0 Å². The molecule has 1 saturated heterocycles. The number of amides is 1. The van der Waals surface area contributed by atoms with Gasteiger partial charge in [-0.3, -0.25) is 14.5 Å². The van der Waals surface area contributed by atoms with Gasteiger partial charge in [-0.05, 0) is 80.4 Å². The fraction of sp³-hybridized carbons (Fsp3) is 0.179. The number of aromatic hydroxyl groups is 1. The van der Waals surface area contributed by atoms with Crippen molar-refractivity contribution in [3.8, 4) is 5.75 Å². The lowest BCUT2D eigenvalue weighted by Crippen LogP contribution is -2.29. The summed E-state index contributed by atoms with van der Waals surface area (Å²) in [5.41, 5.74) is 2.35. The minimum atomic E-state index is -0.956. The summed E-state index contributed by atoms with van der Waals surface area (Å²) in [4.78, 5) is 40.1. The average Bonchev–Trinajstić information content (AvgIpc) is 3.11. The number of rotatable bonds is 5. The van der Waals surface area contributed by atoms with Crippen molar-refractivity contribution in [1.82, 2.24) is 0 Å². The first-order chi connectivity index (χ1) is 17.1. The van der Waals surface area contributed by atoms with Crippen LogP contribution in [0.25, 0.3) is 5.76 Å². The van der Waals surface area contributed by atoms with Crippen LogP contribution in [0, 0.1) is 6.92 Å². The molecule has 3 aromatic rings. The van der Waals surface area contributed by atoms with E-state index < -0.39 is 23.7 Å². The molecule has 1 amide bonds. The molecule has 1 atom stereocenters. The van der Waals surface area contributed by atoms with Crippen molar-refractivity contribution >= 4 is 45.0 Å². The molecule has 3 aromatic carbocycles. The quantitative estimate of drug-likeness (QED) is 0.184. The minimum absolute atomic E-state index is 0.0206. The third-order valence-electron chi connectivity index (χ3n) is 5.81. The number of aliphatic hydroxyl groups is 1. The molecule has 1 unspecified atom stereocenters. The zero-order valence-corrected chi connectivity index (χ0v) is 21.4. The average molecular weight is 550 g/mol. The molecule has 36 heavy (non-hydrogen) atoms. The minimum Gasteiger partial charge on any atom is -0.508 e. The number of benzene rings is 3. The fourth-order valence-electron chi connectivity index (χ4n) is 4.06. The predicted octanol–water partition coefficient (Wildman–Crippen LogP) is 5.65. The maximum Gasteiger partial charge on any atom is 0.338 e. The van der Waals surface area contributed by atoms with Gasteiger partial charge in [0.15, 0.2) is 0 Å². The number of nitrogens with zero attached hydrogens (tertiary/aromatic N) is 1. The molecule has 1 fully saturated rings. The van der Waals surface area contributed by atoms with Gasteiger partial charge in [-0.25, -0.2) is 4.79 Å². The van der Waals surface area contributed by atoms with Crippen molar-refractivity contribution < 1.29 is 29.3 Å². The Kier molecular flexibility index (Phi) is 6.99. The summed E-state index contributed by atoms with van der Waals surface area (Å²) in [6, 6.07) is 16.4. The van der Waals surface area contributed by atoms with Crippen LogP contribution in [0.4, 0.5) is 5.69 Å². The number of ether oxygens (including phenoxy) is 1. The Hall–Kier alpha value is -3.91. The SMILES string of the molecule is Cc1cc(/C(O)=C2/C(=O)C(=O)N(c3ccc(C(=O)OC(C)C)cc3)C2c2ccc(O)cc2)ccc1Br. The van der Waals surface area contributed by atoms with Crippen molar-refractivity contribution in [3.63, 3.8) is 0 Å². The van der Waals surface area contributed by atoms with E-state index in [1.807, 2.05) is 6.92 Å². The Labute approximate surface area is 216 Å². The second-order valence-electron chi connectivity index (χ2n) is 8.73. The highest BCUT2D eigenvalue weighted by atomic mass is 79.9. The van der Waals surface area contributed by atoms with E-state index in [1.54, 1.807) is 56.3 Å². The monoisotopic (exact) mass is 549 g/mol. The molecule has 8 heteroatoms. The number of aliphatic hydroxyl groups excluding tert-OH is 1. The van der Waals surface area contributed by atoms with Crippen LogP contribution < -0.4 is 4.90 Å². The molecule has 7 nitrogen and oxygen atoms in total. The summed E-state index contributed by atoms with van der Waals surface area (Å²) in [5, 5.41) is 21.0. The van der Waals surface area contributed by atoms with Crippen LogP contribution in [-0.4, -0.2) is 34.0 Å². The molecular formula is C28H24BrNO6. The second-order valence-corrected chi connectivity index (χ2v) is 9.58. The zero-order chi connectivity index (χ0) is 26.1. The van der Waals surface area contributed by atoms with Gasteiger partial charge in [-0.1, -0.05) is 34.1 Å². The highest BCUT2D eigenvalue weighted by molar-refractivity contribution is 9.10. The van der Waals surface area contributed by atoms with Gasteiger partial charge < -0.3 is 14.9 Å². The largest absolute Gasteiger partial charge is 0.508 e. The number of halogens is 1. The molecule has 0 aliphatic carbocycles. The first kappa shape index (κ1) is 25.2. The topological polar surface area (TPSA) is 104 Å². The third kappa shape index (κ3) is 4.77. The number of carbonyl (C=O) groups is 3. The molecular weight excluding hydrogens is 526 g/mol. The lowest BCUT2D eigenvalue weighted by Gasteiger charge is -2.25. The molecule has 1 aliphatic heterocycles. The lowest BCUT2D eigenvalue weighted by atomic mass is 9.94. The number of carbonyl (C=O) groups excluding carboxylic acids is 3. The van der Waals surface area contributed by atoms with E-state index in [-0.39, 0.29) is 23.2 Å². The number of hydrogen-bond acceptors (Lipinski definition) is 6. The summed E-state index contributed by atoms with van der Waals surface area (Å²) in [5.74, 6) is -2.44. The Morgan fingerprint density at radius 1 is 0.972 bits per heavy atom. The molecule has 1 aliphatic rings. The first-order valence-electron chi connectivity index (χ1n) is 11.3. The van der Waals surface area contributed by atoms with Crippen LogP contribution >= 0.6 is 15.9 Å². The van der Waals surface area contributed by atoms with Gasteiger partial charge in [0.25, 0.3) is 11.7 Å². The summed E-state index contributed by atoms with van der Waals surface area (Å²) in [6.07, 6.45) is -0.285. The van der Waals surface area contributed by atoms with E-state index in [9.17, 15) is 24.6 Å². The summed E-state index contributed by atoms with van der Waals surface area (Å²) >= 11 is 3.42. The van der Waals surface area contributed by atoms with Crippen LogP contribution in [0.2, 0.25) is 0 Å². The highest BCUT2D eigenvalue weighted by Crippen LogP contribution is 2.42. The number of hydrogen-bond donors (Lipinski definition) is 2. The van der Waals surface area contributed by atoms with Crippen molar-refractivity contribution in [2.75, 3.05) is 4.90 Å². The molecule has 0 radical (unpaired) electrons. The number of aryl methyl sites for hydroxylation is 1. The molecule has 1 heterocycles. The molecule has 0 bridgehead atoms. The Balaban J connectivity index is 1.85. The van der Waals surface area contributed by atoms with Crippen molar-refractivity contribution in [2.45, 2.75) is 32.9 Å². The smallest absolute Gasteiger partial charge is 0.338 e. The zero-order valence-electron chi connectivity index (χ0n) is 19.9. The van der Waals surface area contributed by atoms with E-state index in [0.717, 1.165) is 10.0 Å². The number of anilines is 1. The maximum absolute atomic E-state index is 13.3. The molecule has 0 aromatic heterocycles. The summed E-state index contributed by atoms with van der Waals surface area (Å²) in [6.45, 7) is 5.34. The number of phenols is 1. The van der Waals surface area contributed by atoms with Crippen molar-refractivity contribution in [2.24, 2.45) is 0 Å². The Morgan fingerprint density at radius 2 is 1.58 bits per heavy atom. The van der Waals surface area contributed by atoms with Crippen LogP contribution in [0.1, 0.15) is 46.9 Å². The fourth-order valence-corrected chi connectivity index (χ4v) is 4.31. The molecule has 0 spiro atoms. The highest BCUT2D eigenvalue weighted by Gasteiger charge is 2.47. The van der Waals surface area contributed by atoms with Gasteiger partial charge in [0, 0.05) is 15.7 Å². The van der Waals surface area contributed by atoms with Gasteiger partial charge in [0.1, 0.15) is 11.5 Å². The van der Waals surface area contributed by atoms with E-state index in [0.29, 0.717) is 22.4 Å². The standard InChI is InChI=1S/C28H24BrNO6/c1-15(2)36-28(35)18-4-9-20(10-5-18)30-24(17-6-11-21(31)12-7-17)23(26(33)27(30)34)25(32)19-8-13-22(29)16(3)14-19/h4-15,24,31-32H,1-3H3/b25-23-. The predicted molar refractivity (Wildman–Crippen MR) is 139 cm³/mol. The number of Topliss-reactive ketones (excluding diaryl/α,β-unsaturated/α-hetero) is 1. The van der Waals surface area contributed by atoms with Crippen LogP contribution in [0.15, 0.2) is 76.8 Å². The summed E-state index contributed by atoms with van der Waals surface area (Å²) < 4.78 is 6.05. The maximum atomic E-state index is 13.3. The van der Waals surface area contributed by atoms with Gasteiger partial charge >= 0.3 is 5.97 Å². The number of ketones is 1. The Bertz CT molecular complexity index is 1380. The van der Waals surface area contributed by atoms with Crippen molar-refractivity contribution in [3.05, 3.63) is 99.0 Å². The summed E-state index contributed by atoms with van der Waals surface area (Å²) in [7, 11) is 0. The van der Waals surface area contributed by atoms with Gasteiger partial charge in [-0.15, -0.1) is 0 Å². The van der Waals surface area contributed by atoms with Crippen LogP contribution in [0.3, 0.4) is 0 Å². The first-order valence-corrected chi connectivity index (χ1v) is 12.0. The second kappa shape index (κ2) is 9.99. The molecule has 4 rings (SSSR count). The van der Waals surface area contributed by atoms with E-state index in [2.05, 4.69) is 15.9 Å². The van der Waals surface area contributed by atoms with Gasteiger partial charge in [0.2, 0.25) is 0 Å². The number of esters is 1. The normalized spacial score (nSPS) is 17.0. The number of phenolic OH excluding ortho intramolecular Hbond substituents is 1. The van der Waals surface area contributed by atoms with E-state index >= 15 is 0 Å².